The number of rotatable bonds is 7. The molecule has 0 aliphatic carbocycles. The fourth-order valence-corrected chi connectivity index (χ4v) is 3.05. The quantitative estimate of drug-likeness (QED) is 0.432. The zero-order valence-corrected chi connectivity index (χ0v) is 14.5. The van der Waals surface area contributed by atoms with Gasteiger partial charge in [0.2, 0.25) is 11.9 Å². The molecule has 0 aromatic heterocycles. The first kappa shape index (κ1) is 18.9. The second-order valence-corrected chi connectivity index (χ2v) is 6.38. The Morgan fingerprint density at radius 3 is 1.78 bits per heavy atom. The maximum atomic E-state index is 11.6. The van der Waals surface area contributed by atoms with Crippen LogP contribution in [0.4, 0.5) is 0 Å². The number of ether oxygens (including phenoxy) is 1. The van der Waals surface area contributed by atoms with E-state index >= 15 is 0 Å². The van der Waals surface area contributed by atoms with E-state index in [4.69, 9.17) is 4.74 Å². The second kappa shape index (κ2) is 7.79. The lowest BCUT2D eigenvalue weighted by atomic mass is 10.0. The first-order valence-electron chi connectivity index (χ1n) is 8.45. The van der Waals surface area contributed by atoms with Crippen LogP contribution in [-0.2, 0) is 22.6 Å². The minimum atomic E-state index is -2.14. The van der Waals surface area contributed by atoms with E-state index in [1.807, 2.05) is 60.7 Å². The van der Waals surface area contributed by atoms with Gasteiger partial charge in [-0.3, -0.25) is 4.90 Å². The van der Waals surface area contributed by atoms with Crippen molar-refractivity contribution in [3.63, 3.8) is 0 Å². The van der Waals surface area contributed by atoms with E-state index in [1.165, 1.54) is 4.90 Å². The molecular weight excluding hydrogens is 350 g/mol. The van der Waals surface area contributed by atoms with Gasteiger partial charge in [0.15, 0.2) is 11.5 Å². The van der Waals surface area contributed by atoms with Crippen LogP contribution in [0.15, 0.2) is 72.2 Å². The van der Waals surface area contributed by atoms with Gasteiger partial charge in [-0.05, 0) is 11.1 Å². The van der Waals surface area contributed by atoms with Crippen LogP contribution in [-0.4, -0.2) is 49.7 Å². The van der Waals surface area contributed by atoms with Crippen LogP contribution in [0.2, 0.25) is 0 Å². The number of carbonyl (C=O) groups is 1. The maximum absolute atomic E-state index is 11.6. The molecule has 27 heavy (non-hydrogen) atoms. The fourth-order valence-electron chi connectivity index (χ4n) is 3.05. The Balaban J connectivity index is 1.97. The predicted molar refractivity (Wildman–Crippen MR) is 96.3 cm³/mol. The van der Waals surface area contributed by atoms with Crippen molar-refractivity contribution in [2.75, 3.05) is 6.61 Å². The third kappa shape index (κ3) is 3.80. The molecule has 1 heterocycles. The number of hydrogen-bond acceptors (Lipinski definition) is 7. The van der Waals surface area contributed by atoms with Crippen molar-refractivity contribution in [1.82, 2.24) is 4.90 Å². The van der Waals surface area contributed by atoms with E-state index in [0.29, 0.717) is 0 Å². The molecule has 7 nitrogen and oxygen atoms in total. The summed E-state index contributed by atoms with van der Waals surface area (Å²) in [6.07, 6.45) is -1.61. The number of esters is 1. The van der Waals surface area contributed by atoms with Crippen molar-refractivity contribution in [1.29, 1.82) is 0 Å². The molecule has 0 amide bonds. The van der Waals surface area contributed by atoms with Gasteiger partial charge in [0.25, 0.3) is 0 Å². The number of hydrogen-bond donors (Lipinski definition) is 4. The highest BCUT2D eigenvalue weighted by Gasteiger charge is 2.52. The summed E-state index contributed by atoms with van der Waals surface area (Å²) in [4.78, 5) is 13.1. The molecule has 0 saturated carbocycles. The van der Waals surface area contributed by atoms with Crippen LogP contribution in [0.3, 0.4) is 0 Å². The summed E-state index contributed by atoms with van der Waals surface area (Å²) in [6, 6.07) is 18.5. The molecule has 1 aliphatic rings. The molecule has 3 rings (SSSR count). The zero-order valence-electron chi connectivity index (χ0n) is 14.5. The number of aliphatic hydroxyl groups excluding tert-OH is 3. The van der Waals surface area contributed by atoms with Crippen LogP contribution in [0.25, 0.3) is 0 Å². The van der Waals surface area contributed by atoms with Crippen molar-refractivity contribution in [3.8, 4) is 0 Å². The highest BCUT2D eigenvalue weighted by atomic mass is 16.6. The van der Waals surface area contributed by atoms with Gasteiger partial charge in [0.1, 0.15) is 0 Å². The molecule has 4 N–H and O–H groups in total. The fraction of sp³-hybridized carbons (Fsp3) is 0.250. The SMILES string of the molecule is O=C1O[C@H]([C@@](O)(CO)N(Cc2ccccc2)Cc2ccccc2)C(O)=C1O. The van der Waals surface area contributed by atoms with E-state index in [9.17, 15) is 25.2 Å². The summed E-state index contributed by atoms with van der Waals surface area (Å²) in [7, 11) is 0. The molecule has 0 fully saturated rings. The number of nitrogens with zero attached hydrogens (tertiary/aromatic N) is 1. The number of cyclic esters (lactones) is 1. The Labute approximate surface area is 156 Å². The highest BCUT2D eigenvalue weighted by Crippen LogP contribution is 2.32. The first-order valence-corrected chi connectivity index (χ1v) is 8.45. The zero-order chi connectivity index (χ0) is 19.4. The number of aliphatic hydroxyl groups is 4. The molecule has 2 aromatic rings. The van der Waals surface area contributed by atoms with Gasteiger partial charge in [0.05, 0.1) is 6.61 Å². The summed E-state index contributed by atoms with van der Waals surface area (Å²) in [5.41, 5.74) is -0.453. The highest BCUT2D eigenvalue weighted by molar-refractivity contribution is 5.89. The molecule has 0 saturated heterocycles. The summed E-state index contributed by atoms with van der Waals surface area (Å²) in [6.45, 7) is -0.425. The van der Waals surface area contributed by atoms with Gasteiger partial charge >= 0.3 is 5.97 Å². The van der Waals surface area contributed by atoms with Crippen LogP contribution in [0.1, 0.15) is 11.1 Å². The smallest absolute Gasteiger partial charge is 0.378 e. The average Bonchev–Trinajstić information content (AvgIpc) is 2.96. The van der Waals surface area contributed by atoms with Crippen LogP contribution < -0.4 is 0 Å². The third-order valence-electron chi connectivity index (χ3n) is 4.54. The third-order valence-corrected chi connectivity index (χ3v) is 4.54. The summed E-state index contributed by atoms with van der Waals surface area (Å²) in [5, 5.41) is 40.8. The van der Waals surface area contributed by atoms with Crippen molar-refractivity contribution < 1.29 is 30.0 Å². The normalized spacial score (nSPS) is 19.2. The summed E-state index contributed by atoms with van der Waals surface area (Å²) < 4.78 is 4.93. The van der Waals surface area contributed by atoms with Crippen LogP contribution >= 0.6 is 0 Å². The van der Waals surface area contributed by atoms with E-state index in [2.05, 4.69) is 0 Å². The topological polar surface area (TPSA) is 110 Å². The molecule has 0 radical (unpaired) electrons. The largest absolute Gasteiger partial charge is 0.505 e. The van der Waals surface area contributed by atoms with Gasteiger partial charge < -0.3 is 25.2 Å². The molecular formula is C20H21NO6. The Morgan fingerprint density at radius 1 is 0.926 bits per heavy atom. The van der Waals surface area contributed by atoms with E-state index in [1.54, 1.807) is 0 Å². The van der Waals surface area contributed by atoms with Gasteiger partial charge in [-0.1, -0.05) is 60.7 Å². The first-order chi connectivity index (χ1) is 13.0. The lowest BCUT2D eigenvalue weighted by Crippen LogP contribution is -2.59. The Bertz CT molecular complexity index is 781. The van der Waals surface area contributed by atoms with Crippen molar-refractivity contribution >= 4 is 5.97 Å². The monoisotopic (exact) mass is 371 g/mol. The average molecular weight is 371 g/mol. The van der Waals surface area contributed by atoms with Gasteiger partial charge in [0, 0.05) is 13.1 Å². The predicted octanol–water partition coefficient (Wildman–Crippen LogP) is 1.62. The molecule has 0 unspecified atom stereocenters. The molecule has 7 heteroatoms. The Morgan fingerprint density at radius 2 is 1.41 bits per heavy atom. The van der Waals surface area contributed by atoms with Crippen molar-refractivity contribution in [3.05, 3.63) is 83.3 Å². The van der Waals surface area contributed by atoms with Gasteiger partial charge in [-0.2, -0.15) is 0 Å². The minimum absolute atomic E-state index is 0.203. The van der Waals surface area contributed by atoms with Gasteiger partial charge in [-0.15, -0.1) is 0 Å². The molecule has 0 bridgehead atoms. The van der Waals surface area contributed by atoms with Crippen LogP contribution in [0, 0.1) is 0 Å². The number of carbonyl (C=O) groups excluding carboxylic acids is 1. The van der Waals surface area contributed by atoms with E-state index in [0.717, 1.165) is 11.1 Å². The maximum Gasteiger partial charge on any atom is 0.378 e. The second-order valence-electron chi connectivity index (χ2n) is 6.38. The molecule has 2 aromatic carbocycles. The Hall–Kier alpha value is -2.87. The van der Waals surface area contributed by atoms with Crippen molar-refractivity contribution in [2.24, 2.45) is 0 Å². The van der Waals surface area contributed by atoms with Gasteiger partial charge in [-0.25, -0.2) is 4.79 Å². The van der Waals surface area contributed by atoms with E-state index in [-0.39, 0.29) is 13.1 Å². The molecule has 0 spiro atoms. The number of benzene rings is 2. The summed E-state index contributed by atoms with van der Waals surface area (Å²) in [5.74, 6) is -2.92. The van der Waals surface area contributed by atoms with E-state index < -0.39 is 35.9 Å². The Kier molecular flexibility index (Phi) is 5.46. The molecule has 142 valence electrons. The van der Waals surface area contributed by atoms with Crippen molar-refractivity contribution in [2.45, 2.75) is 24.9 Å². The lowest BCUT2D eigenvalue weighted by Gasteiger charge is -2.41. The van der Waals surface area contributed by atoms with Crippen LogP contribution in [0.5, 0.6) is 0 Å². The summed E-state index contributed by atoms with van der Waals surface area (Å²) >= 11 is 0. The lowest BCUT2D eigenvalue weighted by molar-refractivity contribution is -0.212. The minimum Gasteiger partial charge on any atom is -0.505 e. The molecule has 1 aliphatic heterocycles. The molecule has 2 atom stereocenters. The standard InChI is InChI=1S/C20H21NO6/c22-13-20(26,18-16(23)17(24)19(25)27-18)21(11-14-7-3-1-4-8-14)12-15-9-5-2-6-10-15/h1-10,18,22-24,26H,11-13H2/t18-,20-/m0/s1.